The highest BCUT2D eigenvalue weighted by atomic mass is 16.2. The Kier molecular flexibility index (Phi) is 5.71. The summed E-state index contributed by atoms with van der Waals surface area (Å²) in [5, 5.41) is 2.90. The number of nitrogens with two attached hydrogens (primary N) is 1. The number of amides is 1. The van der Waals surface area contributed by atoms with E-state index < -0.39 is 0 Å². The van der Waals surface area contributed by atoms with E-state index in [0.717, 1.165) is 12.8 Å². The minimum Gasteiger partial charge on any atom is -0.352 e. The molecule has 0 fully saturated rings. The molecule has 0 aromatic heterocycles. The second-order valence-corrected chi connectivity index (χ2v) is 3.97. The van der Waals surface area contributed by atoms with Gasteiger partial charge in [-0.05, 0) is 19.3 Å². The fraction of sp³-hybridized carbons (Fsp3) is 0.900. The predicted octanol–water partition coefficient (Wildman–Crippen LogP) is 1.27. The molecule has 3 nitrogen and oxygen atoms in total. The third kappa shape index (κ3) is 4.88. The lowest BCUT2D eigenvalue weighted by atomic mass is 10.0. The lowest BCUT2D eigenvalue weighted by Crippen LogP contribution is -2.46. The molecule has 0 aliphatic heterocycles. The van der Waals surface area contributed by atoms with Crippen molar-refractivity contribution in [1.29, 1.82) is 0 Å². The van der Waals surface area contributed by atoms with Gasteiger partial charge >= 0.3 is 0 Å². The van der Waals surface area contributed by atoms with Crippen molar-refractivity contribution in [1.82, 2.24) is 5.32 Å². The maximum atomic E-state index is 11.4. The Morgan fingerprint density at radius 2 is 1.92 bits per heavy atom. The highest BCUT2D eigenvalue weighted by Crippen LogP contribution is 2.00. The van der Waals surface area contributed by atoms with Crippen LogP contribution in [0.2, 0.25) is 0 Å². The molecule has 3 heteroatoms. The van der Waals surface area contributed by atoms with E-state index in [9.17, 15) is 4.79 Å². The molecule has 78 valence electrons. The Morgan fingerprint density at radius 1 is 1.38 bits per heavy atom. The average molecular weight is 186 g/mol. The highest BCUT2D eigenvalue weighted by Gasteiger charge is 2.18. The first kappa shape index (κ1) is 12.4. The zero-order chi connectivity index (χ0) is 10.4. The number of hydrogen-bond donors (Lipinski definition) is 2. The minimum absolute atomic E-state index is 0.0315. The van der Waals surface area contributed by atoms with E-state index in [1.54, 1.807) is 0 Å². The zero-order valence-electron chi connectivity index (χ0n) is 9.13. The third-order valence-corrected chi connectivity index (χ3v) is 2.13. The van der Waals surface area contributed by atoms with Gasteiger partial charge in [0.15, 0.2) is 0 Å². The van der Waals surface area contributed by atoms with Gasteiger partial charge in [0.1, 0.15) is 0 Å². The molecule has 3 N–H and O–H groups in total. The van der Waals surface area contributed by atoms with Crippen LogP contribution >= 0.6 is 0 Å². The van der Waals surface area contributed by atoms with Crippen LogP contribution in [0.4, 0.5) is 0 Å². The van der Waals surface area contributed by atoms with Crippen molar-refractivity contribution in [3.05, 3.63) is 0 Å². The van der Waals surface area contributed by atoms with Gasteiger partial charge in [-0.1, -0.05) is 27.2 Å². The normalized spacial score (nSPS) is 15.5. The summed E-state index contributed by atoms with van der Waals surface area (Å²) in [7, 11) is 0. The fourth-order valence-electron chi connectivity index (χ4n) is 1.15. The summed E-state index contributed by atoms with van der Waals surface area (Å²) >= 11 is 0. The van der Waals surface area contributed by atoms with Crippen LogP contribution in [0.25, 0.3) is 0 Å². The molecule has 0 saturated carbocycles. The summed E-state index contributed by atoms with van der Waals surface area (Å²) in [5.41, 5.74) is 5.69. The van der Waals surface area contributed by atoms with Crippen LogP contribution in [0.15, 0.2) is 0 Å². The molecule has 0 saturated heterocycles. The maximum absolute atomic E-state index is 11.4. The summed E-state index contributed by atoms with van der Waals surface area (Å²) in [6.45, 7) is 8.02. The SMILES string of the molecule is CCCC(C)NC(=O)C(N)C(C)C. The topological polar surface area (TPSA) is 55.1 Å². The second kappa shape index (κ2) is 5.97. The van der Waals surface area contributed by atoms with E-state index >= 15 is 0 Å². The fourth-order valence-corrected chi connectivity index (χ4v) is 1.15. The minimum atomic E-state index is -0.376. The summed E-state index contributed by atoms with van der Waals surface area (Å²) in [6.07, 6.45) is 2.09. The van der Waals surface area contributed by atoms with E-state index in [4.69, 9.17) is 5.73 Å². The molecular formula is C10H22N2O. The monoisotopic (exact) mass is 186 g/mol. The summed E-state index contributed by atoms with van der Waals surface area (Å²) in [6, 6.07) is -0.137. The molecule has 0 rings (SSSR count). The van der Waals surface area contributed by atoms with E-state index in [2.05, 4.69) is 12.2 Å². The molecule has 0 heterocycles. The molecule has 1 amide bonds. The molecule has 2 unspecified atom stereocenters. The highest BCUT2D eigenvalue weighted by molar-refractivity contribution is 5.81. The first-order valence-corrected chi connectivity index (χ1v) is 5.05. The van der Waals surface area contributed by atoms with Gasteiger partial charge in [0.25, 0.3) is 0 Å². The second-order valence-electron chi connectivity index (χ2n) is 3.97. The molecule has 0 aromatic carbocycles. The van der Waals surface area contributed by atoms with Crippen LogP contribution in [0.5, 0.6) is 0 Å². The van der Waals surface area contributed by atoms with E-state index in [0.29, 0.717) is 0 Å². The van der Waals surface area contributed by atoms with Crippen LogP contribution in [-0.2, 0) is 4.79 Å². The van der Waals surface area contributed by atoms with Crippen molar-refractivity contribution < 1.29 is 4.79 Å². The maximum Gasteiger partial charge on any atom is 0.237 e. The average Bonchev–Trinajstić information content (AvgIpc) is 2.03. The third-order valence-electron chi connectivity index (χ3n) is 2.13. The predicted molar refractivity (Wildman–Crippen MR) is 55.3 cm³/mol. The van der Waals surface area contributed by atoms with Crippen molar-refractivity contribution in [2.75, 3.05) is 0 Å². The summed E-state index contributed by atoms with van der Waals surface area (Å²) < 4.78 is 0. The van der Waals surface area contributed by atoms with Crippen LogP contribution in [0, 0.1) is 5.92 Å². The van der Waals surface area contributed by atoms with Crippen molar-refractivity contribution >= 4 is 5.91 Å². The number of carbonyl (C=O) groups is 1. The number of nitrogens with one attached hydrogen (secondary N) is 1. The van der Waals surface area contributed by atoms with Gasteiger partial charge in [0.05, 0.1) is 6.04 Å². The van der Waals surface area contributed by atoms with Crippen molar-refractivity contribution in [3.63, 3.8) is 0 Å². The van der Waals surface area contributed by atoms with Gasteiger partial charge in [-0.25, -0.2) is 0 Å². The molecule has 2 atom stereocenters. The molecule has 13 heavy (non-hydrogen) atoms. The van der Waals surface area contributed by atoms with Crippen LogP contribution in [-0.4, -0.2) is 18.0 Å². The lowest BCUT2D eigenvalue weighted by Gasteiger charge is -2.19. The first-order chi connectivity index (χ1) is 5.99. The largest absolute Gasteiger partial charge is 0.352 e. The number of carbonyl (C=O) groups excluding carboxylic acids is 1. The van der Waals surface area contributed by atoms with Crippen molar-refractivity contribution in [2.45, 2.75) is 52.6 Å². The van der Waals surface area contributed by atoms with Gasteiger partial charge in [-0.15, -0.1) is 0 Å². The van der Waals surface area contributed by atoms with Crippen LogP contribution in [0.1, 0.15) is 40.5 Å². The van der Waals surface area contributed by atoms with E-state index in [-0.39, 0.29) is 23.9 Å². The van der Waals surface area contributed by atoms with Gasteiger partial charge in [0, 0.05) is 6.04 Å². The van der Waals surface area contributed by atoms with Crippen molar-refractivity contribution in [2.24, 2.45) is 11.7 Å². The molecule has 0 aromatic rings. The van der Waals surface area contributed by atoms with Gasteiger partial charge in [-0.2, -0.15) is 0 Å². The van der Waals surface area contributed by atoms with Gasteiger partial charge in [-0.3, -0.25) is 4.79 Å². The number of hydrogen-bond acceptors (Lipinski definition) is 2. The quantitative estimate of drug-likeness (QED) is 0.679. The van der Waals surface area contributed by atoms with Crippen LogP contribution in [0.3, 0.4) is 0 Å². The van der Waals surface area contributed by atoms with E-state index in [1.807, 2.05) is 20.8 Å². The molecule has 0 aliphatic carbocycles. The lowest BCUT2D eigenvalue weighted by molar-refractivity contribution is -0.123. The van der Waals surface area contributed by atoms with Crippen LogP contribution < -0.4 is 11.1 Å². The Morgan fingerprint density at radius 3 is 2.31 bits per heavy atom. The summed E-state index contributed by atoms with van der Waals surface area (Å²) in [5.74, 6) is 0.171. The van der Waals surface area contributed by atoms with Gasteiger partial charge < -0.3 is 11.1 Å². The molecule has 0 bridgehead atoms. The molecule has 0 aliphatic rings. The zero-order valence-corrected chi connectivity index (χ0v) is 9.13. The smallest absolute Gasteiger partial charge is 0.237 e. The Labute approximate surface area is 81.1 Å². The Bertz CT molecular complexity index is 157. The standard InChI is InChI=1S/C10H22N2O/c1-5-6-8(4)12-10(13)9(11)7(2)3/h7-9H,5-6,11H2,1-4H3,(H,12,13). The van der Waals surface area contributed by atoms with Gasteiger partial charge in [0.2, 0.25) is 5.91 Å². The van der Waals surface area contributed by atoms with E-state index in [1.165, 1.54) is 0 Å². The number of rotatable bonds is 5. The molecule has 0 radical (unpaired) electrons. The first-order valence-electron chi connectivity index (χ1n) is 5.05. The Hall–Kier alpha value is -0.570. The molecule has 0 spiro atoms. The van der Waals surface area contributed by atoms with Crippen molar-refractivity contribution in [3.8, 4) is 0 Å². The summed E-state index contributed by atoms with van der Waals surface area (Å²) in [4.78, 5) is 11.4. The Balaban J connectivity index is 3.85. The molecular weight excluding hydrogens is 164 g/mol.